The Labute approximate surface area is 276 Å². The van der Waals surface area contributed by atoms with Gasteiger partial charge in [0.15, 0.2) is 0 Å². The van der Waals surface area contributed by atoms with Gasteiger partial charge in [-0.15, -0.1) is 0 Å². The smallest absolute Gasteiger partial charge is 0.410 e. The minimum absolute atomic E-state index is 0.130. The summed E-state index contributed by atoms with van der Waals surface area (Å²) in [7, 11) is 0. The normalized spacial score (nSPS) is 21.0. The van der Waals surface area contributed by atoms with Crippen molar-refractivity contribution in [2.45, 2.75) is 65.6 Å². The summed E-state index contributed by atoms with van der Waals surface area (Å²) in [5.41, 5.74) is 7.19. The van der Waals surface area contributed by atoms with Crippen molar-refractivity contribution in [2.75, 3.05) is 39.3 Å². The maximum Gasteiger partial charge on any atom is 0.410 e. The number of hydrogen-bond acceptors (Lipinski definition) is 6. The number of carbonyl (C=O) groups is 2. The van der Waals surface area contributed by atoms with Crippen molar-refractivity contribution in [2.24, 2.45) is 5.41 Å². The Morgan fingerprint density at radius 2 is 1.67 bits per heavy atom. The largest absolute Gasteiger partial charge is 0.478 e. The molecule has 1 aromatic heterocycles. The van der Waals surface area contributed by atoms with Crippen LogP contribution in [0.4, 0.5) is 4.79 Å². The molecule has 1 saturated heterocycles. The highest BCUT2D eigenvalue weighted by atomic mass is 35.5. The number of allylic oxidation sites excluding steroid dienone is 1. The van der Waals surface area contributed by atoms with E-state index in [0.29, 0.717) is 13.1 Å². The summed E-state index contributed by atoms with van der Waals surface area (Å²) in [5, 5.41) is 14.8. The first-order valence-corrected chi connectivity index (χ1v) is 16.5. The molecule has 9 nitrogen and oxygen atoms in total. The minimum atomic E-state index is -0.933. The minimum Gasteiger partial charge on any atom is -0.478 e. The lowest BCUT2D eigenvalue weighted by Crippen LogP contribution is -2.52. The Balaban J connectivity index is 1.13. The van der Waals surface area contributed by atoms with E-state index in [4.69, 9.17) is 21.4 Å². The average molecular weight is 646 g/mol. The van der Waals surface area contributed by atoms with Gasteiger partial charge in [-0.2, -0.15) is 5.10 Å². The van der Waals surface area contributed by atoms with Gasteiger partial charge in [0, 0.05) is 69.1 Å². The molecule has 0 bridgehead atoms. The molecule has 1 atom stereocenters. The molecule has 1 aliphatic carbocycles. The molecule has 3 heterocycles. The number of carboxylic acid groups (broad SMARTS) is 1. The second-order valence-corrected chi connectivity index (χ2v) is 14.8. The summed E-state index contributed by atoms with van der Waals surface area (Å²) in [4.78, 5) is 30.7. The van der Waals surface area contributed by atoms with E-state index in [0.717, 1.165) is 74.9 Å². The number of aromatic nitrogens is 2. The molecule has 2 aromatic carbocycles. The number of piperazine rings is 1. The SMILES string of the molecule is CC1(CN2CCN(C(=O)OC(C)(C)C)CC2)CCC(c2ccc(Cl)cc2)=C(CN2Cc3cn(-c4ccc(C(=O)O)cc4)nc3C2)C1. The fraction of sp³-hybridized carbons (Fsp3) is 0.472. The number of ether oxygens (including phenoxy) is 1. The van der Waals surface area contributed by atoms with Gasteiger partial charge in [0.05, 0.1) is 16.9 Å². The fourth-order valence-electron chi connectivity index (χ4n) is 7.04. The summed E-state index contributed by atoms with van der Waals surface area (Å²) >= 11 is 6.26. The van der Waals surface area contributed by atoms with Gasteiger partial charge in [0.2, 0.25) is 0 Å². The van der Waals surface area contributed by atoms with Crippen molar-refractivity contribution < 1.29 is 19.4 Å². The Hall–Kier alpha value is -3.66. The van der Waals surface area contributed by atoms with E-state index >= 15 is 0 Å². The number of fused-ring (bicyclic) bond motifs is 1. The summed E-state index contributed by atoms with van der Waals surface area (Å²) in [6.07, 6.45) is 4.99. The van der Waals surface area contributed by atoms with Crippen LogP contribution in [0.15, 0.2) is 60.3 Å². The lowest BCUT2D eigenvalue weighted by atomic mass is 9.71. The predicted octanol–water partition coefficient (Wildman–Crippen LogP) is 6.74. The molecule has 1 unspecified atom stereocenters. The Kier molecular flexibility index (Phi) is 9.02. The van der Waals surface area contributed by atoms with Gasteiger partial charge in [-0.3, -0.25) is 9.80 Å². The van der Waals surface area contributed by atoms with Crippen LogP contribution in [0.25, 0.3) is 11.3 Å². The van der Waals surface area contributed by atoms with Crippen molar-refractivity contribution >= 4 is 29.2 Å². The van der Waals surface area contributed by atoms with Gasteiger partial charge in [-0.25, -0.2) is 14.3 Å². The second kappa shape index (κ2) is 12.9. The number of aromatic carboxylic acids is 1. The molecule has 2 aliphatic heterocycles. The number of halogens is 1. The van der Waals surface area contributed by atoms with Crippen molar-refractivity contribution in [3.63, 3.8) is 0 Å². The van der Waals surface area contributed by atoms with Crippen LogP contribution in [0.2, 0.25) is 5.02 Å². The first kappa shape index (κ1) is 32.3. The third-order valence-electron chi connectivity index (χ3n) is 9.31. The maximum atomic E-state index is 12.6. The van der Waals surface area contributed by atoms with E-state index in [1.165, 1.54) is 22.3 Å². The van der Waals surface area contributed by atoms with E-state index in [9.17, 15) is 14.7 Å². The zero-order chi connectivity index (χ0) is 32.6. The lowest BCUT2D eigenvalue weighted by molar-refractivity contribution is 0.0104. The van der Waals surface area contributed by atoms with Crippen LogP contribution in [0, 0.1) is 5.41 Å². The number of rotatable bonds is 7. The van der Waals surface area contributed by atoms with Gasteiger partial charge in [-0.05, 0) is 93.0 Å². The molecule has 1 N–H and O–H groups in total. The van der Waals surface area contributed by atoms with Crippen molar-refractivity contribution in [1.82, 2.24) is 24.5 Å². The Morgan fingerprint density at radius 3 is 2.30 bits per heavy atom. The highest BCUT2D eigenvalue weighted by molar-refractivity contribution is 6.30. The molecular weight excluding hydrogens is 602 g/mol. The first-order chi connectivity index (χ1) is 21.8. The van der Waals surface area contributed by atoms with E-state index in [2.05, 4.69) is 35.1 Å². The van der Waals surface area contributed by atoms with Gasteiger partial charge in [0.25, 0.3) is 0 Å². The van der Waals surface area contributed by atoms with Gasteiger partial charge in [-0.1, -0.05) is 36.2 Å². The number of amides is 1. The molecule has 0 radical (unpaired) electrons. The molecule has 1 amide bonds. The van der Waals surface area contributed by atoms with Crippen molar-refractivity contribution in [3.8, 4) is 5.69 Å². The van der Waals surface area contributed by atoms with Gasteiger partial charge < -0.3 is 14.7 Å². The van der Waals surface area contributed by atoms with Crippen LogP contribution in [0.3, 0.4) is 0 Å². The molecule has 46 heavy (non-hydrogen) atoms. The number of carbonyl (C=O) groups excluding carboxylic acids is 1. The van der Waals surface area contributed by atoms with Gasteiger partial charge in [0.1, 0.15) is 5.60 Å². The quantitative estimate of drug-likeness (QED) is 0.304. The molecule has 0 spiro atoms. The van der Waals surface area contributed by atoms with Gasteiger partial charge >= 0.3 is 12.1 Å². The third kappa shape index (κ3) is 7.48. The zero-order valence-electron chi connectivity index (χ0n) is 27.3. The highest BCUT2D eigenvalue weighted by Gasteiger charge is 2.36. The Bertz CT molecular complexity index is 1590. The molecule has 0 saturated carbocycles. The molecule has 6 rings (SSSR count). The lowest BCUT2D eigenvalue weighted by Gasteiger charge is -2.43. The monoisotopic (exact) mass is 645 g/mol. The van der Waals surface area contributed by atoms with Crippen LogP contribution < -0.4 is 0 Å². The number of benzene rings is 2. The fourth-order valence-corrected chi connectivity index (χ4v) is 7.17. The topological polar surface area (TPSA) is 91.1 Å². The molecule has 1 fully saturated rings. The molecular formula is C36H44ClN5O4. The summed E-state index contributed by atoms with van der Waals surface area (Å²) in [5.74, 6) is -0.933. The molecule has 10 heteroatoms. The van der Waals surface area contributed by atoms with Crippen molar-refractivity contribution in [3.05, 3.63) is 87.7 Å². The van der Waals surface area contributed by atoms with E-state index in [1.54, 1.807) is 24.3 Å². The Morgan fingerprint density at radius 1 is 0.978 bits per heavy atom. The highest BCUT2D eigenvalue weighted by Crippen LogP contribution is 2.44. The summed E-state index contributed by atoms with van der Waals surface area (Å²) < 4.78 is 7.46. The number of carboxylic acids is 1. The van der Waals surface area contributed by atoms with Crippen LogP contribution >= 0.6 is 11.6 Å². The standard InChI is InChI=1S/C36H44ClN5O4/c1-35(2,3)46-34(45)41-17-15-39(16-18-41)24-36(4)14-13-31(25-5-9-29(37)10-6-25)27(19-36)20-40-21-28-22-42(38-32(28)23-40)30-11-7-26(8-12-30)33(43)44/h5-12,22H,13-21,23-24H2,1-4H3,(H,43,44). The summed E-state index contributed by atoms with van der Waals surface area (Å²) in [6.45, 7) is 14.7. The van der Waals surface area contributed by atoms with E-state index < -0.39 is 11.6 Å². The molecule has 244 valence electrons. The molecule has 3 aromatic rings. The van der Waals surface area contributed by atoms with Crippen LogP contribution in [0.1, 0.15) is 74.1 Å². The second-order valence-electron chi connectivity index (χ2n) is 14.4. The van der Waals surface area contributed by atoms with Crippen molar-refractivity contribution in [1.29, 1.82) is 0 Å². The first-order valence-electron chi connectivity index (χ1n) is 16.1. The summed E-state index contributed by atoms with van der Waals surface area (Å²) in [6, 6.07) is 15.1. The third-order valence-corrected chi connectivity index (χ3v) is 9.56. The number of nitrogens with zero attached hydrogens (tertiary/aromatic N) is 5. The maximum absolute atomic E-state index is 12.6. The zero-order valence-corrected chi connectivity index (χ0v) is 28.0. The van der Waals surface area contributed by atoms with E-state index in [-0.39, 0.29) is 17.1 Å². The average Bonchev–Trinajstić information content (AvgIpc) is 3.56. The van der Waals surface area contributed by atoms with E-state index in [1.807, 2.05) is 42.5 Å². The van der Waals surface area contributed by atoms with Crippen LogP contribution in [-0.2, 0) is 17.8 Å². The predicted molar refractivity (Wildman–Crippen MR) is 179 cm³/mol. The van der Waals surface area contributed by atoms with Crippen LogP contribution in [-0.4, -0.2) is 86.5 Å². The number of hydrogen-bond donors (Lipinski definition) is 1. The molecule has 3 aliphatic rings. The van der Waals surface area contributed by atoms with Crippen LogP contribution in [0.5, 0.6) is 0 Å².